The second-order valence-electron chi connectivity index (χ2n) is 5.88. The molecule has 2 atom stereocenters. The van der Waals surface area contributed by atoms with E-state index in [1.54, 1.807) is 11.8 Å². The van der Waals surface area contributed by atoms with Crippen LogP contribution in [0.15, 0.2) is 30.3 Å². The molecule has 2 unspecified atom stereocenters. The third kappa shape index (κ3) is 3.42. The normalized spacial score (nSPS) is 20.1. The van der Waals surface area contributed by atoms with Gasteiger partial charge in [0.2, 0.25) is 5.91 Å². The number of amides is 1. The molecule has 1 aromatic heterocycles. The standard InChI is InChI=1S/C17H23N5O2/c1-4-22-16(8-11(2)21-22)18-17(23)15-10-14(19-20-15)12-6-5-7-13(9-12)24-3/h5-9,14-15,19-20H,4,10H2,1-3H3,(H,18,23). The van der Waals surface area contributed by atoms with Gasteiger partial charge in [0, 0.05) is 18.7 Å². The lowest BCUT2D eigenvalue weighted by Crippen LogP contribution is -2.39. The van der Waals surface area contributed by atoms with E-state index in [9.17, 15) is 4.79 Å². The Labute approximate surface area is 141 Å². The average molecular weight is 329 g/mol. The van der Waals surface area contributed by atoms with Gasteiger partial charge < -0.3 is 10.1 Å². The number of hydrazine groups is 1. The van der Waals surface area contributed by atoms with Gasteiger partial charge in [-0.25, -0.2) is 15.5 Å². The fourth-order valence-electron chi connectivity index (χ4n) is 2.91. The molecule has 3 rings (SSSR count). The summed E-state index contributed by atoms with van der Waals surface area (Å²) in [5.41, 5.74) is 8.24. The van der Waals surface area contributed by atoms with Crippen molar-refractivity contribution in [1.82, 2.24) is 20.6 Å². The predicted octanol–water partition coefficient (Wildman–Crippen LogP) is 1.77. The van der Waals surface area contributed by atoms with Gasteiger partial charge in [0.25, 0.3) is 0 Å². The van der Waals surface area contributed by atoms with E-state index in [2.05, 4.69) is 21.3 Å². The van der Waals surface area contributed by atoms with Crippen molar-refractivity contribution in [2.75, 3.05) is 12.4 Å². The van der Waals surface area contributed by atoms with Crippen LogP contribution in [0.5, 0.6) is 5.75 Å². The van der Waals surface area contributed by atoms with Crippen LogP contribution < -0.4 is 20.9 Å². The first-order valence-corrected chi connectivity index (χ1v) is 8.11. The Bertz CT molecular complexity index is 728. The number of aryl methyl sites for hydroxylation is 2. The third-order valence-electron chi connectivity index (χ3n) is 4.17. The maximum atomic E-state index is 12.5. The van der Waals surface area contributed by atoms with Crippen LogP contribution in [0.1, 0.15) is 30.6 Å². The van der Waals surface area contributed by atoms with Gasteiger partial charge in [0.15, 0.2) is 0 Å². The number of carbonyl (C=O) groups excluding carboxylic acids is 1. The Balaban J connectivity index is 1.65. The second kappa shape index (κ2) is 7.02. The van der Waals surface area contributed by atoms with Crippen LogP contribution in [0.4, 0.5) is 5.82 Å². The maximum absolute atomic E-state index is 12.5. The molecule has 2 heterocycles. The highest BCUT2D eigenvalue weighted by molar-refractivity contribution is 5.94. The average Bonchev–Trinajstić information content (AvgIpc) is 3.21. The molecule has 1 aliphatic heterocycles. The van der Waals surface area contributed by atoms with Gasteiger partial charge in [-0.15, -0.1) is 0 Å². The zero-order valence-corrected chi connectivity index (χ0v) is 14.2. The van der Waals surface area contributed by atoms with Gasteiger partial charge >= 0.3 is 0 Å². The molecule has 1 fully saturated rings. The lowest BCUT2D eigenvalue weighted by molar-refractivity contribution is -0.117. The highest BCUT2D eigenvalue weighted by atomic mass is 16.5. The van der Waals surface area contributed by atoms with E-state index >= 15 is 0 Å². The molecule has 3 N–H and O–H groups in total. The summed E-state index contributed by atoms with van der Waals surface area (Å²) in [4.78, 5) is 12.5. The van der Waals surface area contributed by atoms with E-state index in [4.69, 9.17) is 4.74 Å². The van der Waals surface area contributed by atoms with Gasteiger partial charge in [0.05, 0.1) is 12.8 Å². The SMILES string of the molecule is CCn1nc(C)cc1NC(=O)C1CC(c2cccc(OC)c2)NN1. The fourth-order valence-corrected chi connectivity index (χ4v) is 2.91. The lowest BCUT2D eigenvalue weighted by Gasteiger charge is -2.12. The van der Waals surface area contributed by atoms with E-state index in [1.165, 1.54) is 0 Å². The number of aromatic nitrogens is 2. The minimum absolute atomic E-state index is 0.0636. The number of methoxy groups -OCH3 is 1. The Kier molecular flexibility index (Phi) is 4.82. The third-order valence-corrected chi connectivity index (χ3v) is 4.17. The molecule has 1 aliphatic rings. The Hall–Kier alpha value is -2.38. The molecule has 2 aromatic rings. The molecule has 0 spiro atoms. The minimum atomic E-state index is -0.304. The monoisotopic (exact) mass is 329 g/mol. The lowest BCUT2D eigenvalue weighted by atomic mass is 10.0. The molecular weight excluding hydrogens is 306 g/mol. The summed E-state index contributed by atoms with van der Waals surface area (Å²) in [7, 11) is 1.65. The fraction of sp³-hybridized carbons (Fsp3) is 0.412. The van der Waals surface area contributed by atoms with E-state index < -0.39 is 0 Å². The first kappa shape index (κ1) is 16.5. The number of nitrogens with zero attached hydrogens (tertiary/aromatic N) is 2. The van der Waals surface area contributed by atoms with E-state index in [1.807, 2.05) is 44.2 Å². The smallest absolute Gasteiger partial charge is 0.244 e. The molecule has 1 saturated heterocycles. The number of ether oxygens (including phenoxy) is 1. The molecule has 0 saturated carbocycles. The molecule has 7 heteroatoms. The summed E-state index contributed by atoms with van der Waals surface area (Å²) >= 11 is 0. The zero-order valence-electron chi connectivity index (χ0n) is 14.2. The van der Waals surface area contributed by atoms with Crippen LogP contribution in [-0.4, -0.2) is 28.8 Å². The van der Waals surface area contributed by atoms with Gasteiger partial charge in [-0.1, -0.05) is 12.1 Å². The molecule has 1 amide bonds. The van der Waals surface area contributed by atoms with Crippen molar-refractivity contribution in [3.05, 3.63) is 41.6 Å². The van der Waals surface area contributed by atoms with E-state index in [-0.39, 0.29) is 18.0 Å². The Morgan fingerprint density at radius 3 is 3.00 bits per heavy atom. The van der Waals surface area contributed by atoms with Crippen LogP contribution in [0, 0.1) is 6.92 Å². The van der Waals surface area contributed by atoms with Crippen molar-refractivity contribution in [3.63, 3.8) is 0 Å². The van der Waals surface area contributed by atoms with Gasteiger partial charge in [-0.2, -0.15) is 5.10 Å². The largest absolute Gasteiger partial charge is 0.497 e. The summed E-state index contributed by atoms with van der Waals surface area (Å²) < 4.78 is 7.05. The Morgan fingerprint density at radius 1 is 1.42 bits per heavy atom. The van der Waals surface area contributed by atoms with Crippen LogP contribution >= 0.6 is 0 Å². The summed E-state index contributed by atoms with van der Waals surface area (Å²) in [5.74, 6) is 1.47. The van der Waals surface area contributed by atoms with Crippen LogP contribution in [0.3, 0.4) is 0 Å². The van der Waals surface area contributed by atoms with E-state index in [0.29, 0.717) is 13.0 Å². The predicted molar refractivity (Wildman–Crippen MR) is 91.7 cm³/mol. The molecule has 0 bridgehead atoms. The van der Waals surface area contributed by atoms with Crippen molar-refractivity contribution in [2.45, 2.75) is 38.9 Å². The van der Waals surface area contributed by atoms with Crippen molar-refractivity contribution >= 4 is 11.7 Å². The van der Waals surface area contributed by atoms with E-state index in [0.717, 1.165) is 22.8 Å². The topological polar surface area (TPSA) is 80.2 Å². The summed E-state index contributed by atoms with van der Waals surface area (Å²) in [6.45, 7) is 4.62. The zero-order chi connectivity index (χ0) is 17.1. The molecule has 0 aliphatic carbocycles. The summed E-state index contributed by atoms with van der Waals surface area (Å²) in [6.07, 6.45) is 0.665. The molecule has 24 heavy (non-hydrogen) atoms. The number of anilines is 1. The van der Waals surface area contributed by atoms with Gasteiger partial charge in [-0.05, 0) is 38.0 Å². The molecule has 0 radical (unpaired) electrons. The van der Waals surface area contributed by atoms with Crippen LogP contribution in [0.2, 0.25) is 0 Å². The number of nitrogens with one attached hydrogen (secondary N) is 3. The second-order valence-corrected chi connectivity index (χ2v) is 5.88. The molecule has 128 valence electrons. The maximum Gasteiger partial charge on any atom is 0.244 e. The van der Waals surface area contributed by atoms with Crippen molar-refractivity contribution in [2.24, 2.45) is 0 Å². The van der Waals surface area contributed by atoms with Gasteiger partial charge in [-0.3, -0.25) is 4.79 Å². The molecule has 7 nitrogen and oxygen atoms in total. The molecule has 1 aromatic carbocycles. The number of rotatable bonds is 5. The van der Waals surface area contributed by atoms with Crippen molar-refractivity contribution in [1.29, 1.82) is 0 Å². The first-order chi connectivity index (χ1) is 11.6. The number of benzene rings is 1. The van der Waals surface area contributed by atoms with Gasteiger partial charge in [0.1, 0.15) is 17.6 Å². The summed E-state index contributed by atoms with van der Waals surface area (Å²) in [6, 6.07) is 9.50. The van der Waals surface area contributed by atoms with Crippen LogP contribution in [0.25, 0.3) is 0 Å². The summed E-state index contributed by atoms with van der Waals surface area (Å²) in [5, 5.41) is 7.30. The Morgan fingerprint density at radius 2 is 2.25 bits per heavy atom. The minimum Gasteiger partial charge on any atom is -0.497 e. The molecular formula is C17H23N5O2. The quantitative estimate of drug-likeness (QED) is 0.779. The van der Waals surface area contributed by atoms with Crippen molar-refractivity contribution < 1.29 is 9.53 Å². The highest BCUT2D eigenvalue weighted by Gasteiger charge is 2.30. The number of hydrogen-bond acceptors (Lipinski definition) is 5. The first-order valence-electron chi connectivity index (χ1n) is 8.11. The highest BCUT2D eigenvalue weighted by Crippen LogP contribution is 2.25. The van der Waals surface area contributed by atoms with Crippen LogP contribution in [-0.2, 0) is 11.3 Å². The number of hydrogen-bond donors (Lipinski definition) is 3. The number of carbonyl (C=O) groups is 1. The van der Waals surface area contributed by atoms with Crippen molar-refractivity contribution in [3.8, 4) is 5.75 Å².